The number of thiazole rings is 1. The Balaban J connectivity index is 1.75. The van der Waals surface area contributed by atoms with Crippen LogP contribution in [0.1, 0.15) is 27.3 Å². The lowest BCUT2D eigenvalue weighted by Gasteiger charge is -2.11. The monoisotopic (exact) mass is 536 g/mol. The fraction of sp³-hybridized carbons (Fsp3) is 0.136. The largest absolute Gasteiger partial charge is 0.476 e. The Morgan fingerprint density at radius 1 is 1.18 bits per heavy atom. The van der Waals surface area contributed by atoms with Crippen molar-refractivity contribution in [2.75, 3.05) is 11.0 Å². The summed E-state index contributed by atoms with van der Waals surface area (Å²) in [5.41, 5.74) is 3.25. The van der Waals surface area contributed by atoms with Crippen LogP contribution in [0.5, 0.6) is 0 Å². The highest BCUT2D eigenvalue weighted by Crippen LogP contribution is 2.32. The van der Waals surface area contributed by atoms with Gasteiger partial charge in [-0.3, -0.25) is 4.72 Å². The number of carboxylic acid groups (broad SMARTS) is 1. The number of carbonyl (C=O) groups is 1. The third-order valence-electron chi connectivity index (χ3n) is 4.96. The van der Waals surface area contributed by atoms with Gasteiger partial charge < -0.3 is 5.11 Å². The second-order valence-electron chi connectivity index (χ2n) is 7.48. The summed E-state index contributed by atoms with van der Waals surface area (Å²) in [4.78, 5) is 16.8. The van der Waals surface area contributed by atoms with Gasteiger partial charge in [0.15, 0.2) is 5.69 Å². The molecule has 0 amide bonds. The van der Waals surface area contributed by atoms with Crippen molar-refractivity contribution < 1.29 is 18.3 Å². The molecule has 2 aromatic heterocycles. The van der Waals surface area contributed by atoms with E-state index in [-0.39, 0.29) is 12.1 Å². The fourth-order valence-corrected chi connectivity index (χ4v) is 5.13. The molecule has 0 spiro atoms. The van der Waals surface area contributed by atoms with Crippen LogP contribution in [-0.2, 0) is 16.4 Å². The van der Waals surface area contributed by atoms with E-state index in [1.165, 1.54) is 16.0 Å². The predicted octanol–water partition coefficient (Wildman–Crippen LogP) is 5.27. The van der Waals surface area contributed by atoms with E-state index in [1.54, 1.807) is 54.8 Å². The van der Waals surface area contributed by atoms with E-state index in [1.807, 2.05) is 0 Å². The molecular weight excluding hydrogens is 519 g/mol. The molecule has 2 N–H and O–H groups in total. The van der Waals surface area contributed by atoms with Crippen LogP contribution in [0, 0.1) is 6.92 Å². The van der Waals surface area contributed by atoms with Gasteiger partial charge in [-0.05, 0) is 30.7 Å². The van der Waals surface area contributed by atoms with Crippen LogP contribution in [0.25, 0.3) is 16.4 Å². The number of anilines is 1. The molecule has 2 heterocycles. The summed E-state index contributed by atoms with van der Waals surface area (Å²) in [6.07, 6.45) is 1.22. The minimum Gasteiger partial charge on any atom is -0.476 e. The van der Waals surface area contributed by atoms with Crippen molar-refractivity contribution in [3.8, 4) is 16.4 Å². The number of nitrogens with one attached hydrogen (secondary N) is 1. The zero-order chi connectivity index (χ0) is 24.6. The maximum atomic E-state index is 12.3. The average Bonchev–Trinajstić information content (AvgIpc) is 3.36. The molecule has 4 rings (SSSR count). The van der Waals surface area contributed by atoms with Crippen molar-refractivity contribution in [1.82, 2.24) is 14.8 Å². The van der Waals surface area contributed by atoms with Crippen molar-refractivity contribution in [3.63, 3.8) is 0 Å². The maximum absolute atomic E-state index is 12.3. The Labute approximate surface area is 209 Å². The second-order valence-corrected chi connectivity index (χ2v) is 10.9. The molecule has 176 valence electrons. The number of benzene rings is 2. The van der Waals surface area contributed by atoms with Crippen molar-refractivity contribution >= 4 is 56.2 Å². The van der Waals surface area contributed by atoms with Gasteiger partial charge in [-0.2, -0.15) is 9.78 Å². The number of aromatic nitrogens is 3. The van der Waals surface area contributed by atoms with Crippen LogP contribution in [-0.4, -0.2) is 40.5 Å². The highest BCUT2D eigenvalue weighted by atomic mass is 35.5. The Morgan fingerprint density at radius 3 is 2.59 bits per heavy atom. The number of nitrogens with zero attached hydrogens (tertiary/aromatic N) is 3. The lowest BCUT2D eigenvalue weighted by atomic mass is 10.0. The van der Waals surface area contributed by atoms with Gasteiger partial charge in [0, 0.05) is 22.9 Å². The summed E-state index contributed by atoms with van der Waals surface area (Å²) in [5.74, 6) is -1.17. The number of para-hydroxylation sites is 1. The molecule has 8 nitrogen and oxygen atoms in total. The van der Waals surface area contributed by atoms with E-state index >= 15 is 0 Å². The van der Waals surface area contributed by atoms with Crippen LogP contribution >= 0.6 is 34.5 Å². The van der Waals surface area contributed by atoms with E-state index in [0.29, 0.717) is 43.4 Å². The molecule has 0 aliphatic carbocycles. The summed E-state index contributed by atoms with van der Waals surface area (Å²) in [5, 5.41) is 17.4. The maximum Gasteiger partial charge on any atom is 0.355 e. The lowest BCUT2D eigenvalue weighted by Crippen LogP contribution is -2.13. The Morgan fingerprint density at radius 2 is 1.91 bits per heavy atom. The molecule has 0 aliphatic heterocycles. The standard InChI is InChI=1S/C22H18Cl2N4O4S2/c1-12-15(9-13-5-3-4-6-18(13)27-34(2,31)32)20(21(29)30)28(26-12)22-25-19(11-33-22)14-7-8-16(23)17(24)10-14/h3-8,10-11,27H,9H2,1-2H3,(H,29,30). The highest BCUT2D eigenvalue weighted by molar-refractivity contribution is 7.92. The summed E-state index contributed by atoms with van der Waals surface area (Å²) >= 11 is 13.3. The summed E-state index contributed by atoms with van der Waals surface area (Å²) in [7, 11) is -3.51. The van der Waals surface area contributed by atoms with E-state index in [2.05, 4.69) is 14.8 Å². The molecule has 0 fully saturated rings. The van der Waals surface area contributed by atoms with Crippen LogP contribution in [0.15, 0.2) is 47.8 Å². The molecule has 0 atom stereocenters. The zero-order valence-electron chi connectivity index (χ0n) is 17.9. The number of rotatable bonds is 7. The summed E-state index contributed by atoms with van der Waals surface area (Å²) < 4.78 is 27.3. The first kappa shape index (κ1) is 24.2. The number of halogens is 2. The molecule has 12 heteroatoms. The summed E-state index contributed by atoms with van der Waals surface area (Å²) in [6.45, 7) is 1.71. The van der Waals surface area contributed by atoms with Crippen LogP contribution in [0.3, 0.4) is 0 Å². The van der Waals surface area contributed by atoms with Gasteiger partial charge in [0.2, 0.25) is 15.2 Å². The van der Waals surface area contributed by atoms with Crippen molar-refractivity contribution in [1.29, 1.82) is 0 Å². The minimum absolute atomic E-state index is 0.0401. The Bertz CT molecular complexity index is 1510. The molecule has 2 aromatic carbocycles. The third-order valence-corrected chi connectivity index (χ3v) is 7.10. The normalized spacial score (nSPS) is 11.5. The molecule has 0 saturated carbocycles. The molecule has 34 heavy (non-hydrogen) atoms. The third kappa shape index (κ3) is 5.10. The number of sulfonamides is 1. The van der Waals surface area contributed by atoms with Crippen molar-refractivity contribution in [2.45, 2.75) is 13.3 Å². The molecule has 4 aromatic rings. The van der Waals surface area contributed by atoms with Gasteiger partial charge in [0.25, 0.3) is 0 Å². The Kier molecular flexibility index (Phi) is 6.68. The topological polar surface area (TPSA) is 114 Å². The SMILES string of the molecule is Cc1nn(-c2nc(-c3ccc(Cl)c(Cl)c3)cs2)c(C(=O)O)c1Cc1ccccc1NS(C)(=O)=O. The molecule has 0 saturated heterocycles. The fourth-order valence-electron chi connectivity index (χ4n) is 3.44. The molecule has 0 bridgehead atoms. The number of aromatic carboxylic acids is 1. The number of carboxylic acids is 1. The summed E-state index contributed by atoms with van der Waals surface area (Å²) in [6, 6.07) is 11.9. The first-order valence-electron chi connectivity index (χ1n) is 9.82. The molecule has 0 aliphatic rings. The van der Waals surface area contributed by atoms with Gasteiger partial charge in [-0.25, -0.2) is 18.2 Å². The van der Waals surface area contributed by atoms with Gasteiger partial charge in [0.05, 0.1) is 33.4 Å². The number of aryl methyl sites for hydroxylation is 1. The molecule has 0 radical (unpaired) electrons. The van der Waals surface area contributed by atoms with E-state index in [4.69, 9.17) is 23.2 Å². The number of hydrogen-bond donors (Lipinski definition) is 2. The zero-order valence-corrected chi connectivity index (χ0v) is 21.1. The van der Waals surface area contributed by atoms with Gasteiger partial charge in [-0.1, -0.05) is 47.5 Å². The quantitative estimate of drug-likeness (QED) is 0.332. The van der Waals surface area contributed by atoms with Gasteiger partial charge in [-0.15, -0.1) is 11.3 Å². The lowest BCUT2D eigenvalue weighted by molar-refractivity contribution is 0.0686. The van der Waals surface area contributed by atoms with Gasteiger partial charge >= 0.3 is 5.97 Å². The first-order valence-corrected chi connectivity index (χ1v) is 13.3. The van der Waals surface area contributed by atoms with Crippen molar-refractivity contribution in [3.05, 3.63) is 80.4 Å². The van der Waals surface area contributed by atoms with E-state index in [0.717, 1.165) is 11.8 Å². The smallest absolute Gasteiger partial charge is 0.355 e. The minimum atomic E-state index is -3.51. The van der Waals surface area contributed by atoms with Crippen molar-refractivity contribution in [2.24, 2.45) is 0 Å². The van der Waals surface area contributed by atoms with Crippen LogP contribution in [0.2, 0.25) is 10.0 Å². The predicted molar refractivity (Wildman–Crippen MR) is 134 cm³/mol. The Hall–Kier alpha value is -2.92. The molecular formula is C22H18Cl2N4O4S2. The van der Waals surface area contributed by atoms with E-state index < -0.39 is 16.0 Å². The highest BCUT2D eigenvalue weighted by Gasteiger charge is 2.25. The van der Waals surface area contributed by atoms with Crippen LogP contribution in [0.4, 0.5) is 5.69 Å². The second kappa shape index (κ2) is 9.38. The van der Waals surface area contributed by atoms with Gasteiger partial charge in [0.1, 0.15) is 0 Å². The number of hydrogen-bond acceptors (Lipinski definition) is 6. The molecule has 0 unspecified atom stereocenters. The average molecular weight is 537 g/mol. The first-order chi connectivity index (χ1) is 16.0. The van der Waals surface area contributed by atoms with E-state index in [9.17, 15) is 18.3 Å². The van der Waals surface area contributed by atoms with Crippen LogP contribution < -0.4 is 4.72 Å².